The van der Waals surface area contributed by atoms with E-state index in [1.807, 2.05) is 17.0 Å². The zero-order chi connectivity index (χ0) is 20.8. The second-order valence-corrected chi connectivity index (χ2v) is 8.82. The molecule has 1 N–H and O–H groups in total. The Morgan fingerprint density at radius 1 is 1.37 bits per heavy atom. The molecule has 3 aromatic rings. The average molecular weight is 420 g/mol. The lowest BCUT2D eigenvalue weighted by molar-refractivity contribution is -0.121. The van der Waals surface area contributed by atoms with Crippen LogP contribution in [0.1, 0.15) is 29.9 Å². The molecule has 2 aliphatic rings. The van der Waals surface area contributed by atoms with Gasteiger partial charge in [-0.15, -0.1) is 11.3 Å². The molecule has 3 aromatic heterocycles. The number of rotatable bonds is 4. The first-order chi connectivity index (χ1) is 14.5. The van der Waals surface area contributed by atoms with Crippen LogP contribution in [-0.4, -0.2) is 33.0 Å². The molecule has 0 fully saturated rings. The molecule has 2 aliphatic heterocycles. The number of hydrogen-bond donors (Lipinski definition) is 1. The Hall–Kier alpha value is -3.19. The minimum Gasteiger partial charge on any atom is -0.436 e. The third-order valence-corrected chi connectivity index (χ3v) is 6.47. The lowest BCUT2D eigenvalue weighted by atomic mass is 9.97. The van der Waals surface area contributed by atoms with Crippen molar-refractivity contribution < 1.29 is 14.3 Å². The molecular formula is C23H21N3O3S. The number of nitrogens with one attached hydrogen (secondary N) is 1. The Morgan fingerprint density at radius 2 is 2.23 bits per heavy atom. The maximum atomic E-state index is 13.2. The Labute approximate surface area is 177 Å². The molecule has 0 bridgehead atoms. The largest absolute Gasteiger partial charge is 0.436 e. The number of allylic oxidation sites excluding steroid dienone is 1. The Morgan fingerprint density at radius 3 is 3.07 bits per heavy atom. The molecular weight excluding hydrogens is 398 g/mol. The molecule has 0 saturated heterocycles. The number of thiophene rings is 1. The van der Waals surface area contributed by atoms with Crippen molar-refractivity contribution in [1.82, 2.24) is 14.9 Å². The summed E-state index contributed by atoms with van der Waals surface area (Å²) in [6, 6.07) is 5.92. The van der Waals surface area contributed by atoms with E-state index in [4.69, 9.17) is 4.74 Å². The van der Waals surface area contributed by atoms with Crippen molar-refractivity contribution in [3.8, 4) is 0 Å². The lowest BCUT2D eigenvalue weighted by Crippen LogP contribution is -2.31. The number of ketones is 2. The fraction of sp³-hybridized carbons (Fsp3) is 0.261. The predicted molar refractivity (Wildman–Crippen MR) is 115 cm³/mol. The molecule has 0 saturated carbocycles. The van der Waals surface area contributed by atoms with Gasteiger partial charge in [0.25, 0.3) is 0 Å². The summed E-state index contributed by atoms with van der Waals surface area (Å²) in [6.07, 6.45) is 6.07. The fourth-order valence-corrected chi connectivity index (χ4v) is 4.84. The fourth-order valence-electron chi connectivity index (χ4n) is 3.89. The van der Waals surface area contributed by atoms with Gasteiger partial charge in [-0.1, -0.05) is 13.8 Å². The van der Waals surface area contributed by atoms with Crippen molar-refractivity contribution in [3.05, 3.63) is 69.2 Å². The lowest BCUT2D eigenvalue weighted by Gasteiger charge is -2.29. The van der Waals surface area contributed by atoms with E-state index in [9.17, 15) is 9.59 Å². The van der Waals surface area contributed by atoms with Crippen LogP contribution in [0.15, 0.2) is 53.2 Å². The van der Waals surface area contributed by atoms with Crippen molar-refractivity contribution in [1.29, 1.82) is 0 Å². The van der Waals surface area contributed by atoms with Crippen LogP contribution in [0.25, 0.3) is 17.1 Å². The number of H-pyrrole nitrogens is 1. The van der Waals surface area contributed by atoms with Crippen molar-refractivity contribution >= 4 is 40.0 Å². The summed E-state index contributed by atoms with van der Waals surface area (Å²) in [6.45, 7) is 4.97. The van der Waals surface area contributed by atoms with Gasteiger partial charge in [0.1, 0.15) is 11.2 Å². The summed E-state index contributed by atoms with van der Waals surface area (Å²) in [4.78, 5) is 36.8. The molecule has 5 rings (SSSR count). The van der Waals surface area contributed by atoms with Crippen LogP contribution in [0.5, 0.6) is 0 Å². The minimum atomic E-state index is -0.348. The standard InChI is InChI=1S/C23H21N3O3S/c1-13(2)20(27)19-21(28)17(10-15-11-25-22-16(15)4-3-7-24-22)29-23(19)26-8-5-14-6-9-30-18(14)12-26/h3-4,6-7,9-11,13H,5,8,12H2,1-2H3,(H,24,25)/b17-10-. The number of pyridine rings is 1. The highest BCUT2D eigenvalue weighted by Gasteiger charge is 2.39. The first-order valence-corrected chi connectivity index (χ1v) is 10.9. The molecule has 6 nitrogen and oxygen atoms in total. The van der Waals surface area contributed by atoms with Gasteiger partial charge in [0.2, 0.25) is 11.7 Å². The number of carbonyl (C=O) groups is 2. The van der Waals surface area contributed by atoms with Gasteiger partial charge in [-0.25, -0.2) is 4.98 Å². The number of carbonyl (C=O) groups excluding carboxylic acids is 2. The zero-order valence-electron chi connectivity index (χ0n) is 16.8. The first-order valence-electron chi connectivity index (χ1n) is 9.98. The van der Waals surface area contributed by atoms with E-state index in [2.05, 4.69) is 21.4 Å². The van der Waals surface area contributed by atoms with Gasteiger partial charge >= 0.3 is 0 Å². The number of hydrogen-bond acceptors (Lipinski definition) is 6. The van der Waals surface area contributed by atoms with E-state index in [1.54, 1.807) is 43.7 Å². The smallest absolute Gasteiger partial charge is 0.237 e. The third kappa shape index (κ3) is 3.06. The van der Waals surface area contributed by atoms with E-state index in [-0.39, 0.29) is 28.8 Å². The highest BCUT2D eigenvalue weighted by molar-refractivity contribution is 7.10. The Balaban J connectivity index is 1.54. The van der Waals surface area contributed by atoms with Crippen molar-refractivity contribution in [2.45, 2.75) is 26.8 Å². The highest BCUT2D eigenvalue weighted by Crippen LogP contribution is 2.35. The van der Waals surface area contributed by atoms with Gasteiger partial charge in [-0.3, -0.25) is 9.59 Å². The summed E-state index contributed by atoms with van der Waals surface area (Å²) >= 11 is 1.70. The summed E-state index contributed by atoms with van der Waals surface area (Å²) in [5.41, 5.74) is 3.04. The minimum absolute atomic E-state index is 0.161. The predicted octanol–water partition coefficient (Wildman–Crippen LogP) is 4.06. The van der Waals surface area contributed by atoms with Gasteiger partial charge in [-0.05, 0) is 41.6 Å². The molecule has 0 atom stereocenters. The molecule has 0 radical (unpaired) electrons. The summed E-state index contributed by atoms with van der Waals surface area (Å²) in [5, 5.41) is 2.98. The molecule has 0 aliphatic carbocycles. The number of ether oxygens (including phenoxy) is 1. The second kappa shape index (κ2) is 7.25. The van der Waals surface area contributed by atoms with Crippen LogP contribution >= 0.6 is 11.3 Å². The molecule has 0 aromatic carbocycles. The molecule has 7 heteroatoms. The van der Waals surface area contributed by atoms with E-state index in [0.717, 1.165) is 23.0 Å². The van der Waals surface area contributed by atoms with Gasteiger partial charge in [-0.2, -0.15) is 0 Å². The molecule has 30 heavy (non-hydrogen) atoms. The van der Waals surface area contributed by atoms with Gasteiger partial charge < -0.3 is 14.6 Å². The van der Waals surface area contributed by atoms with Crippen LogP contribution in [0.2, 0.25) is 0 Å². The third-order valence-electron chi connectivity index (χ3n) is 5.52. The topological polar surface area (TPSA) is 75.3 Å². The Kier molecular flexibility index (Phi) is 4.55. The number of aromatic nitrogens is 2. The normalized spacial score (nSPS) is 17.9. The maximum Gasteiger partial charge on any atom is 0.237 e. The van der Waals surface area contributed by atoms with Crippen LogP contribution in [-0.2, 0) is 27.3 Å². The van der Waals surface area contributed by atoms with Crippen LogP contribution in [0.3, 0.4) is 0 Å². The number of Topliss-reactive ketones (excluding diaryl/α,β-unsaturated/α-hetero) is 2. The molecule has 152 valence electrons. The zero-order valence-corrected chi connectivity index (χ0v) is 17.6. The molecule has 5 heterocycles. The summed E-state index contributed by atoms with van der Waals surface area (Å²) in [7, 11) is 0. The van der Waals surface area contributed by atoms with E-state index in [1.165, 1.54) is 10.4 Å². The molecule has 0 spiro atoms. The van der Waals surface area contributed by atoms with Crippen molar-refractivity contribution in [2.75, 3.05) is 6.54 Å². The van der Waals surface area contributed by atoms with Gasteiger partial charge in [0.05, 0.1) is 6.54 Å². The quantitative estimate of drug-likeness (QED) is 0.510. The van der Waals surface area contributed by atoms with Crippen LogP contribution in [0, 0.1) is 5.92 Å². The van der Waals surface area contributed by atoms with Gasteiger partial charge in [0.15, 0.2) is 11.5 Å². The monoisotopic (exact) mass is 419 g/mol. The average Bonchev–Trinajstić information content (AvgIpc) is 3.45. The summed E-state index contributed by atoms with van der Waals surface area (Å²) < 4.78 is 6.08. The maximum absolute atomic E-state index is 13.2. The molecule has 0 unspecified atom stereocenters. The van der Waals surface area contributed by atoms with E-state index in [0.29, 0.717) is 19.0 Å². The van der Waals surface area contributed by atoms with Crippen LogP contribution < -0.4 is 0 Å². The van der Waals surface area contributed by atoms with Gasteiger partial charge in [0, 0.05) is 40.7 Å². The summed E-state index contributed by atoms with van der Waals surface area (Å²) in [5.74, 6) is -0.256. The van der Waals surface area contributed by atoms with Crippen molar-refractivity contribution in [2.24, 2.45) is 5.92 Å². The van der Waals surface area contributed by atoms with E-state index >= 15 is 0 Å². The van der Waals surface area contributed by atoms with Crippen LogP contribution in [0.4, 0.5) is 0 Å². The van der Waals surface area contributed by atoms with E-state index < -0.39 is 0 Å². The highest BCUT2D eigenvalue weighted by atomic mass is 32.1. The number of nitrogens with zero attached hydrogens (tertiary/aromatic N) is 2. The SMILES string of the molecule is CC(C)C(=O)C1=C(N2CCc3ccsc3C2)O/C(=C\c2c[nH]c3ncccc23)C1=O. The number of fused-ring (bicyclic) bond motifs is 2. The first kappa shape index (κ1) is 18.8. The second-order valence-electron chi connectivity index (χ2n) is 7.82. The Bertz CT molecular complexity index is 1230. The number of aromatic amines is 1. The molecule has 0 amide bonds. The van der Waals surface area contributed by atoms with Crippen molar-refractivity contribution in [3.63, 3.8) is 0 Å².